The molecular formula is C18H8Cl4N2O5S. The predicted molar refractivity (Wildman–Crippen MR) is 114 cm³/mol. The van der Waals surface area contributed by atoms with Crippen LogP contribution >= 0.6 is 46.4 Å². The maximum atomic E-state index is 13.1. The summed E-state index contributed by atoms with van der Waals surface area (Å²) in [4.78, 5) is 30.8. The summed E-state index contributed by atoms with van der Waals surface area (Å²) < 4.78 is 33.0. The third-order valence-electron chi connectivity index (χ3n) is 4.55. The standard InChI is InChI=1S/C18H8Cl4N2O5S/c1-6-2-3-7-9(30(27,28)29)5-4-8(16(7)23-6)24-17(25)10-11(18(24)26)13(20)15(22)14(21)12(10)19/h2-5H,1H3,(H,27,28,29). The van der Waals surface area contributed by atoms with E-state index in [1.165, 1.54) is 18.2 Å². The van der Waals surface area contributed by atoms with Gasteiger partial charge in [-0.2, -0.15) is 8.42 Å². The smallest absolute Gasteiger partial charge is 0.282 e. The Labute approximate surface area is 189 Å². The van der Waals surface area contributed by atoms with Crippen molar-refractivity contribution in [3.8, 4) is 0 Å². The lowest BCUT2D eigenvalue weighted by Gasteiger charge is -2.17. The van der Waals surface area contributed by atoms with Crippen LogP contribution in [-0.2, 0) is 10.1 Å². The van der Waals surface area contributed by atoms with E-state index >= 15 is 0 Å². The first-order chi connectivity index (χ1) is 13.9. The average Bonchev–Trinajstić information content (AvgIpc) is 2.93. The van der Waals surface area contributed by atoms with Gasteiger partial charge in [-0.15, -0.1) is 0 Å². The Bertz CT molecular complexity index is 1380. The van der Waals surface area contributed by atoms with Crippen molar-refractivity contribution in [2.24, 2.45) is 0 Å². The van der Waals surface area contributed by atoms with Gasteiger partial charge >= 0.3 is 0 Å². The zero-order valence-corrected chi connectivity index (χ0v) is 18.5. The number of carbonyl (C=O) groups excluding carboxylic acids is 2. The van der Waals surface area contributed by atoms with Crippen molar-refractivity contribution >= 4 is 84.9 Å². The van der Waals surface area contributed by atoms with Crippen molar-refractivity contribution in [2.45, 2.75) is 11.8 Å². The number of anilines is 1. The second kappa shape index (κ2) is 7.05. The first-order valence-corrected chi connectivity index (χ1v) is 11.0. The third-order valence-corrected chi connectivity index (χ3v) is 7.27. The van der Waals surface area contributed by atoms with Crippen molar-refractivity contribution in [3.05, 3.63) is 61.2 Å². The molecular weight excluding hydrogens is 498 g/mol. The van der Waals surface area contributed by atoms with Crippen molar-refractivity contribution in [1.29, 1.82) is 0 Å². The van der Waals surface area contributed by atoms with Gasteiger partial charge in [-0.1, -0.05) is 46.4 Å². The number of benzene rings is 2. The quantitative estimate of drug-likeness (QED) is 0.222. The number of aryl methyl sites for hydroxylation is 1. The van der Waals surface area contributed by atoms with E-state index < -0.39 is 26.8 Å². The molecule has 0 atom stereocenters. The fourth-order valence-corrected chi connectivity index (χ4v) is 4.94. The van der Waals surface area contributed by atoms with Gasteiger partial charge in [0.2, 0.25) is 0 Å². The normalized spacial score (nSPS) is 14.0. The van der Waals surface area contributed by atoms with E-state index in [9.17, 15) is 22.6 Å². The number of hydrogen-bond acceptors (Lipinski definition) is 5. The van der Waals surface area contributed by atoms with E-state index in [1.54, 1.807) is 6.92 Å². The van der Waals surface area contributed by atoms with Gasteiger partial charge in [-0.25, -0.2) is 4.90 Å². The van der Waals surface area contributed by atoms with Crippen LogP contribution in [0.5, 0.6) is 0 Å². The summed E-state index contributed by atoms with van der Waals surface area (Å²) in [5, 5.41) is -0.795. The number of rotatable bonds is 2. The monoisotopic (exact) mass is 504 g/mol. The van der Waals surface area contributed by atoms with E-state index in [4.69, 9.17) is 46.4 Å². The van der Waals surface area contributed by atoms with Gasteiger partial charge in [-0.3, -0.25) is 19.1 Å². The second-order valence-corrected chi connectivity index (χ2v) is 9.26. The summed E-state index contributed by atoms with van der Waals surface area (Å²) in [5.41, 5.74) is 0.0206. The fraction of sp³-hybridized carbons (Fsp3) is 0.0556. The average molecular weight is 506 g/mol. The van der Waals surface area contributed by atoms with Gasteiger partial charge in [0.25, 0.3) is 21.9 Å². The summed E-state index contributed by atoms with van der Waals surface area (Å²) in [6.07, 6.45) is 0. The molecule has 2 heterocycles. The number of hydrogen-bond donors (Lipinski definition) is 1. The zero-order valence-electron chi connectivity index (χ0n) is 14.7. The van der Waals surface area contributed by atoms with Crippen LogP contribution in [0, 0.1) is 6.92 Å². The Kier molecular flexibility index (Phi) is 5.00. The molecule has 2 amide bonds. The van der Waals surface area contributed by atoms with Crippen molar-refractivity contribution in [1.82, 2.24) is 4.98 Å². The van der Waals surface area contributed by atoms with Gasteiger partial charge in [-0.05, 0) is 31.2 Å². The van der Waals surface area contributed by atoms with Crippen molar-refractivity contribution in [3.63, 3.8) is 0 Å². The molecule has 0 bridgehead atoms. The third kappa shape index (κ3) is 2.98. The number of nitrogens with zero attached hydrogens (tertiary/aromatic N) is 2. The number of fused-ring (bicyclic) bond motifs is 2. The largest absolute Gasteiger partial charge is 0.295 e. The lowest BCUT2D eigenvalue weighted by atomic mass is 10.1. The molecule has 7 nitrogen and oxygen atoms in total. The molecule has 0 aliphatic carbocycles. The van der Waals surface area contributed by atoms with E-state index in [0.717, 1.165) is 11.0 Å². The van der Waals surface area contributed by atoms with Crippen LogP contribution in [-0.4, -0.2) is 29.8 Å². The number of halogens is 4. The van der Waals surface area contributed by atoms with Gasteiger partial charge in [0.15, 0.2) is 0 Å². The van der Waals surface area contributed by atoms with E-state index in [0.29, 0.717) is 5.69 Å². The van der Waals surface area contributed by atoms with Crippen LogP contribution < -0.4 is 4.90 Å². The first-order valence-electron chi connectivity index (χ1n) is 8.07. The van der Waals surface area contributed by atoms with Crippen LogP contribution in [0.4, 0.5) is 5.69 Å². The predicted octanol–water partition coefficient (Wildman–Crippen LogP) is 5.20. The molecule has 0 unspecified atom stereocenters. The molecule has 3 aromatic rings. The molecule has 154 valence electrons. The van der Waals surface area contributed by atoms with Gasteiger partial charge in [0.1, 0.15) is 4.90 Å². The Morgan fingerprint density at radius 2 is 1.40 bits per heavy atom. The van der Waals surface area contributed by atoms with Crippen LogP contribution in [0.2, 0.25) is 20.1 Å². The van der Waals surface area contributed by atoms with E-state index in [1.807, 2.05) is 0 Å². The number of amides is 2. The summed E-state index contributed by atoms with van der Waals surface area (Å²) >= 11 is 24.4. The molecule has 4 rings (SSSR count). The highest BCUT2D eigenvalue weighted by molar-refractivity contribution is 7.86. The maximum Gasteiger partial charge on any atom is 0.295 e. The van der Waals surface area contributed by atoms with Gasteiger partial charge in [0.05, 0.1) is 42.4 Å². The molecule has 12 heteroatoms. The van der Waals surface area contributed by atoms with Gasteiger partial charge in [0, 0.05) is 11.1 Å². The summed E-state index contributed by atoms with van der Waals surface area (Å²) in [6.45, 7) is 1.64. The first kappa shape index (κ1) is 21.3. The van der Waals surface area contributed by atoms with Crippen LogP contribution in [0.25, 0.3) is 10.9 Å². The molecule has 1 aliphatic heterocycles. The molecule has 0 saturated heterocycles. The molecule has 1 aliphatic rings. The maximum absolute atomic E-state index is 13.1. The Balaban J connectivity index is 2.04. The minimum absolute atomic E-state index is 0.00377. The minimum atomic E-state index is -4.59. The Morgan fingerprint density at radius 1 is 0.867 bits per heavy atom. The van der Waals surface area contributed by atoms with Crippen LogP contribution in [0.1, 0.15) is 26.4 Å². The Hall–Kier alpha value is -1.94. The number of pyridine rings is 1. The summed E-state index contributed by atoms with van der Waals surface area (Å²) in [6, 6.07) is 5.19. The molecule has 30 heavy (non-hydrogen) atoms. The lowest BCUT2D eigenvalue weighted by Crippen LogP contribution is -2.30. The van der Waals surface area contributed by atoms with Crippen LogP contribution in [0.15, 0.2) is 29.2 Å². The second-order valence-electron chi connectivity index (χ2n) is 6.36. The Morgan fingerprint density at radius 3 is 1.90 bits per heavy atom. The highest BCUT2D eigenvalue weighted by Gasteiger charge is 2.43. The van der Waals surface area contributed by atoms with E-state index in [-0.39, 0.29) is 47.8 Å². The van der Waals surface area contributed by atoms with Crippen molar-refractivity contribution < 1.29 is 22.6 Å². The lowest BCUT2D eigenvalue weighted by molar-refractivity contribution is 0.0926. The molecule has 0 spiro atoms. The van der Waals surface area contributed by atoms with Gasteiger partial charge < -0.3 is 0 Å². The molecule has 0 saturated carbocycles. The highest BCUT2D eigenvalue weighted by atomic mass is 35.5. The topological polar surface area (TPSA) is 105 Å². The molecule has 0 fully saturated rings. The number of carbonyl (C=O) groups is 2. The van der Waals surface area contributed by atoms with E-state index in [2.05, 4.69) is 4.98 Å². The molecule has 2 aromatic carbocycles. The SMILES string of the molecule is Cc1ccc2c(S(=O)(=O)O)ccc(N3C(=O)c4c(Cl)c(Cl)c(Cl)c(Cl)c4C3=O)c2n1. The van der Waals surface area contributed by atoms with Crippen LogP contribution in [0.3, 0.4) is 0 Å². The van der Waals surface area contributed by atoms with Crippen molar-refractivity contribution in [2.75, 3.05) is 4.90 Å². The fourth-order valence-electron chi connectivity index (χ4n) is 3.25. The summed E-state index contributed by atoms with van der Waals surface area (Å²) in [7, 11) is -4.59. The number of aromatic nitrogens is 1. The summed E-state index contributed by atoms with van der Waals surface area (Å²) in [5.74, 6) is -1.66. The minimum Gasteiger partial charge on any atom is -0.282 e. The zero-order chi connectivity index (χ0) is 22.1. The molecule has 1 aromatic heterocycles. The number of imide groups is 1. The molecule has 1 N–H and O–H groups in total. The molecule has 0 radical (unpaired) electrons. The highest BCUT2D eigenvalue weighted by Crippen LogP contribution is 2.46.